The van der Waals surface area contributed by atoms with E-state index in [1.807, 2.05) is 5.38 Å². The SMILES string of the molecule is CCc1ccc(-c2nc(CC(=O)NCC3CCCNC3)cs2)cc1. The first kappa shape index (κ1) is 17.1. The molecule has 0 saturated carbocycles. The number of carbonyl (C=O) groups is 1. The summed E-state index contributed by atoms with van der Waals surface area (Å²) in [5.74, 6) is 0.629. The number of aromatic nitrogens is 1. The van der Waals surface area contributed by atoms with Gasteiger partial charge < -0.3 is 10.6 Å². The summed E-state index contributed by atoms with van der Waals surface area (Å²) in [6.45, 7) is 5.03. The third-order valence-corrected chi connectivity index (χ3v) is 5.43. The number of nitrogens with one attached hydrogen (secondary N) is 2. The lowest BCUT2D eigenvalue weighted by atomic mass is 10.00. The number of carbonyl (C=O) groups excluding carboxylic acids is 1. The molecular formula is C19H25N3OS. The molecule has 0 radical (unpaired) electrons. The van der Waals surface area contributed by atoms with E-state index in [1.54, 1.807) is 11.3 Å². The van der Waals surface area contributed by atoms with Crippen LogP contribution in [0.1, 0.15) is 31.0 Å². The van der Waals surface area contributed by atoms with Gasteiger partial charge in [0.25, 0.3) is 0 Å². The second-order valence-electron chi connectivity index (χ2n) is 6.39. The number of rotatable bonds is 6. The van der Waals surface area contributed by atoms with Crippen molar-refractivity contribution in [2.45, 2.75) is 32.6 Å². The van der Waals surface area contributed by atoms with Gasteiger partial charge in [-0.1, -0.05) is 31.2 Å². The average Bonchev–Trinajstić information content (AvgIpc) is 3.09. The molecule has 0 spiro atoms. The monoisotopic (exact) mass is 343 g/mol. The van der Waals surface area contributed by atoms with Crippen molar-refractivity contribution < 1.29 is 4.79 Å². The Morgan fingerprint density at radius 2 is 2.21 bits per heavy atom. The van der Waals surface area contributed by atoms with Crippen LogP contribution in [0.25, 0.3) is 10.6 Å². The van der Waals surface area contributed by atoms with Crippen LogP contribution in [0.5, 0.6) is 0 Å². The van der Waals surface area contributed by atoms with Gasteiger partial charge in [-0.05, 0) is 43.8 Å². The molecule has 4 nitrogen and oxygen atoms in total. The van der Waals surface area contributed by atoms with E-state index >= 15 is 0 Å². The lowest BCUT2D eigenvalue weighted by Crippen LogP contribution is -2.38. The molecule has 1 aromatic carbocycles. The van der Waals surface area contributed by atoms with Crippen molar-refractivity contribution in [2.75, 3.05) is 19.6 Å². The lowest BCUT2D eigenvalue weighted by molar-refractivity contribution is -0.120. The van der Waals surface area contributed by atoms with Gasteiger partial charge in [-0.25, -0.2) is 4.98 Å². The molecule has 2 N–H and O–H groups in total. The fraction of sp³-hybridized carbons (Fsp3) is 0.474. The molecule has 1 fully saturated rings. The van der Waals surface area contributed by atoms with Crippen LogP contribution in [0.15, 0.2) is 29.6 Å². The molecule has 1 unspecified atom stereocenters. The minimum Gasteiger partial charge on any atom is -0.355 e. The average molecular weight is 343 g/mol. The molecule has 1 aliphatic rings. The molecular weight excluding hydrogens is 318 g/mol. The highest BCUT2D eigenvalue weighted by molar-refractivity contribution is 7.13. The van der Waals surface area contributed by atoms with Crippen LogP contribution in [-0.2, 0) is 17.6 Å². The van der Waals surface area contributed by atoms with Gasteiger partial charge in [0.15, 0.2) is 0 Å². The fourth-order valence-electron chi connectivity index (χ4n) is 2.99. The van der Waals surface area contributed by atoms with Gasteiger partial charge in [-0.15, -0.1) is 11.3 Å². The minimum atomic E-state index is 0.0683. The molecule has 1 aliphatic heterocycles. The maximum Gasteiger partial charge on any atom is 0.226 e. The van der Waals surface area contributed by atoms with Crippen molar-refractivity contribution in [1.82, 2.24) is 15.6 Å². The number of nitrogens with zero attached hydrogens (tertiary/aromatic N) is 1. The molecule has 2 aromatic rings. The van der Waals surface area contributed by atoms with Crippen LogP contribution < -0.4 is 10.6 Å². The molecule has 0 aliphatic carbocycles. The summed E-state index contributed by atoms with van der Waals surface area (Å²) in [5, 5.41) is 9.40. The summed E-state index contributed by atoms with van der Waals surface area (Å²) >= 11 is 1.60. The Bertz CT molecular complexity index is 660. The molecule has 1 atom stereocenters. The van der Waals surface area contributed by atoms with Gasteiger partial charge in [0, 0.05) is 17.5 Å². The highest BCUT2D eigenvalue weighted by atomic mass is 32.1. The second-order valence-corrected chi connectivity index (χ2v) is 7.25. The maximum atomic E-state index is 12.1. The Hall–Kier alpha value is -1.72. The topological polar surface area (TPSA) is 54.0 Å². The summed E-state index contributed by atoms with van der Waals surface area (Å²) < 4.78 is 0. The van der Waals surface area contributed by atoms with Crippen LogP contribution in [0.3, 0.4) is 0 Å². The Morgan fingerprint density at radius 1 is 1.38 bits per heavy atom. The van der Waals surface area contributed by atoms with Gasteiger partial charge >= 0.3 is 0 Å². The van der Waals surface area contributed by atoms with Gasteiger partial charge in [-0.2, -0.15) is 0 Å². The van der Waals surface area contributed by atoms with Gasteiger partial charge in [0.2, 0.25) is 5.91 Å². The van der Waals surface area contributed by atoms with Crippen molar-refractivity contribution in [3.63, 3.8) is 0 Å². The van der Waals surface area contributed by atoms with E-state index in [0.717, 1.165) is 42.3 Å². The normalized spacial score (nSPS) is 17.6. The number of hydrogen-bond donors (Lipinski definition) is 2. The first-order valence-corrected chi connectivity index (χ1v) is 9.63. The highest BCUT2D eigenvalue weighted by Crippen LogP contribution is 2.24. The highest BCUT2D eigenvalue weighted by Gasteiger charge is 2.14. The zero-order valence-electron chi connectivity index (χ0n) is 14.2. The van der Waals surface area contributed by atoms with Crippen molar-refractivity contribution in [3.05, 3.63) is 40.9 Å². The number of amides is 1. The zero-order chi connectivity index (χ0) is 16.8. The first-order valence-electron chi connectivity index (χ1n) is 8.75. The van der Waals surface area contributed by atoms with E-state index in [0.29, 0.717) is 12.3 Å². The lowest BCUT2D eigenvalue weighted by Gasteiger charge is -2.22. The molecule has 0 bridgehead atoms. The smallest absolute Gasteiger partial charge is 0.226 e. The van der Waals surface area contributed by atoms with E-state index in [9.17, 15) is 4.79 Å². The van der Waals surface area contributed by atoms with Crippen LogP contribution in [0.4, 0.5) is 0 Å². The van der Waals surface area contributed by atoms with Gasteiger partial charge in [-0.3, -0.25) is 4.79 Å². The van der Waals surface area contributed by atoms with E-state index in [1.165, 1.54) is 18.4 Å². The second kappa shape index (κ2) is 8.40. The predicted octanol–water partition coefficient (Wildman–Crippen LogP) is 3.03. The molecule has 2 heterocycles. The predicted molar refractivity (Wildman–Crippen MR) is 99.2 cm³/mol. The van der Waals surface area contributed by atoms with Crippen LogP contribution in [0.2, 0.25) is 0 Å². The van der Waals surface area contributed by atoms with Gasteiger partial charge in [0.1, 0.15) is 5.01 Å². The Labute approximate surface area is 147 Å². The summed E-state index contributed by atoms with van der Waals surface area (Å²) in [6.07, 6.45) is 3.80. The summed E-state index contributed by atoms with van der Waals surface area (Å²) in [7, 11) is 0. The molecule has 1 aromatic heterocycles. The minimum absolute atomic E-state index is 0.0683. The van der Waals surface area contributed by atoms with E-state index in [4.69, 9.17) is 0 Å². The summed E-state index contributed by atoms with van der Waals surface area (Å²) in [6, 6.07) is 8.50. The molecule has 1 amide bonds. The Kier molecular flexibility index (Phi) is 5.99. The van der Waals surface area contributed by atoms with Crippen molar-refractivity contribution in [2.24, 2.45) is 5.92 Å². The number of benzene rings is 1. The van der Waals surface area contributed by atoms with Crippen molar-refractivity contribution in [3.8, 4) is 10.6 Å². The van der Waals surface area contributed by atoms with E-state index in [-0.39, 0.29) is 5.91 Å². The maximum absolute atomic E-state index is 12.1. The van der Waals surface area contributed by atoms with E-state index < -0.39 is 0 Å². The Balaban J connectivity index is 1.52. The third-order valence-electron chi connectivity index (χ3n) is 4.49. The number of hydrogen-bond acceptors (Lipinski definition) is 4. The Morgan fingerprint density at radius 3 is 2.92 bits per heavy atom. The standard InChI is InChI=1S/C19H25N3OS/c1-2-14-5-7-16(8-6-14)19-22-17(13-24-19)10-18(23)21-12-15-4-3-9-20-11-15/h5-8,13,15,20H,2-4,9-12H2,1H3,(H,21,23). The van der Waals surface area contributed by atoms with Crippen LogP contribution >= 0.6 is 11.3 Å². The molecule has 128 valence electrons. The quantitative estimate of drug-likeness (QED) is 0.848. The first-order chi connectivity index (χ1) is 11.7. The molecule has 24 heavy (non-hydrogen) atoms. The number of piperidine rings is 1. The largest absolute Gasteiger partial charge is 0.355 e. The summed E-state index contributed by atoms with van der Waals surface area (Å²) in [4.78, 5) is 16.7. The van der Waals surface area contributed by atoms with Gasteiger partial charge in [0.05, 0.1) is 12.1 Å². The molecule has 5 heteroatoms. The van der Waals surface area contributed by atoms with Crippen molar-refractivity contribution >= 4 is 17.2 Å². The van der Waals surface area contributed by atoms with Crippen LogP contribution in [-0.4, -0.2) is 30.5 Å². The van der Waals surface area contributed by atoms with E-state index in [2.05, 4.69) is 46.8 Å². The fourth-order valence-corrected chi connectivity index (χ4v) is 3.81. The third kappa shape index (κ3) is 4.65. The molecule has 1 saturated heterocycles. The van der Waals surface area contributed by atoms with Crippen LogP contribution in [0, 0.1) is 5.92 Å². The summed E-state index contributed by atoms with van der Waals surface area (Å²) in [5.41, 5.74) is 3.30. The zero-order valence-corrected chi connectivity index (χ0v) is 15.0. The van der Waals surface area contributed by atoms with Crippen molar-refractivity contribution in [1.29, 1.82) is 0 Å². The molecule has 3 rings (SSSR count). The number of aryl methyl sites for hydroxylation is 1. The number of thiazole rings is 1.